The molecule has 0 fully saturated rings. The molecule has 0 saturated heterocycles. The van der Waals surface area contributed by atoms with Crippen molar-refractivity contribution in [2.75, 3.05) is 6.61 Å². The summed E-state index contributed by atoms with van der Waals surface area (Å²) in [6.07, 6.45) is 4.58. The van der Waals surface area contributed by atoms with Crippen LogP contribution in [-0.4, -0.2) is 23.8 Å². The van der Waals surface area contributed by atoms with Gasteiger partial charge >= 0.3 is 6.03 Å². The molecule has 2 amide bonds. The smallest absolute Gasteiger partial charge is 0.315 e. The van der Waals surface area contributed by atoms with Crippen molar-refractivity contribution in [3.63, 3.8) is 0 Å². The molecule has 26 heavy (non-hydrogen) atoms. The van der Waals surface area contributed by atoms with Gasteiger partial charge in [-0.25, -0.2) is 4.79 Å². The van der Waals surface area contributed by atoms with E-state index in [2.05, 4.69) is 16.7 Å². The maximum Gasteiger partial charge on any atom is 0.315 e. The molecule has 5 heteroatoms. The zero-order chi connectivity index (χ0) is 18.4. The maximum atomic E-state index is 12.0. The van der Waals surface area contributed by atoms with Crippen LogP contribution in [0.5, 0.6) is 0 Å². The molecule has 0 heterocycles. The van der Waals surface area contributed by atoms with E-state index < -0.39 is 0 Å². The number of carbonyl (C=O) groups excluding carboxylic acids is 1. The average molecular weight is 347 g/mol. The number of benzene rings is 2. The van der Waals surface area contributed by atoms with Crippen molar-refractivity contribution in [3.05, 3.63) is 71.8 Å². The number of carbonyl (C=O) groups is 1. The number of aliphatic hydroxyl groups is 1. The Labute approximate surface area is 153 Å². The van der Waals surface area contributed by atoms with E-state index in [1.807, 2.05) is 54.6 Å². The molecule has 2 aromatic rings. The van der Waals surface area contributed by atoms with Gasteiger partial charge in [-0.05, 0) is 29.2 Å². The summed E-state index contributed by atoms with van der Waals surface area (Å²) in [6, 6.07) is 17.2. The quantitative estimate of drug-likeness (QED) is 0.727. The van der Waals surface area contributed by atoms with Crippen molar-refractivity contribution < 1.29 is 9.90 Å². The summed E-state index contributed by atoms with van der Waals surface area (Å²) in [6.45, 7) is 0.531. The van der Waals surface area contributed by atoms with Gasteiger partial charge in [-0.1, -0.05) is 54.6 Å². The average Bonchev–Trinajstić information content (AvgIpc) is 3.14. The molecule has 2 atom stereocenters. The highest BCUT2D eigenvalue weighted by Gasteiger charge is 2.19. The van der Waals surface area contributed by atoms with E-state index in [4.69, 9.17) is 5.11 Å². The first kappa shape index (κ1) is 17.7. The minimum Gasteiger partial charge on any atom is -0.396 e. The fourth-order valence-corrected chi connectivity index (χ4v) is 3.05. The van der Waals surface area contributed by atoms with Crippen LogP contribution in [0.15, 0.2) is 60.7 Å². The fourth-order valence-electron chi connectivity index (χ4n) is 3.05. The van der Waals surface area contributed by atoms with E-state index in [0.29, 0.717) is 12.1 Å². The first-order valence-corrected chi connectivity index (χ1v) is 8.61. The third-order valence-corrected chi connectivity index (χ3v) is 4.49. The molecular formula is C21H21N3O2. The van der Waals surface area contributed by atoms with E-state index in [1.54, 1.807) is 6.07 Å². The highest BCUT2D eigenvalue weighted by atomic mass is 16.3. The van der Waals surface area contributed by atoms with Gasteiger partial charge in [-0.15, -0.1) is 0 Å². The Morgan fingerprint density at radius 1 is 1.15 bits per heavy atom. The molecule has 0 aromatic heterocycles. The van der Waals surface area contributed by atoms with Gasteiger partial charge in [-0.2, -0.15) is 5.26 Å². The topological polar surface area (TPSA) is 85.2 Å². The Morgan fingerprint density at radius 2 is 1.92 bits per heavy atom. The fraction of sp³-hybridized carbons (Fsp3) is 0.238. The zero-order valence-corrected chi connectivity index (χ0v) is 14.4. The Morgan fingerprint density at radius 3 is 2.62 bits per heavy atom. The molecule has 0 aliphatic heterocycles. The van der Waals surface area contributed by atoms with E-state index in [1.165, 1.54) is 0 Å². The molecule has 0 radical (unpaired) electrons. The largest absolute Gasteiger partial charge is 0.396 e. The molecule has 132 valence electrons. The van der Waals surface area contributed by atoms with E-state index in [9.17, 15) is 10.1 Å². The van der Waals surface area contributed by atoms with Gasteiger partial charge in [-0.3, -0.25) is 0 Å². The first-order chi connectivity index (χ1) is 12.7. The van der Waals surface area contributed by atoms with Crippen LogP contribution in [-0.2, 0) is 6.54 Å². The molecule has 0 spiro atoms. The number of nitriles is 1. The van der Waals surface area contributed by atoms with Crippen molar-refractivity contribution in [2.45, 2.75) is 19.0 Å². The lowest BCUT2D eigenvalue weighted by Gasteiger charge is -2.14. The van der Waals surface area contributed by atoms with Crippen molar-refractivity contribution in [1.82, 2.24) is 10.6 Å². The summed E-state index contributed by atoms with van der Waals surface area (Å²) in [4.78, 5) is 12.0. The summed E-state index contributed by atoms with van der Waals surface area (Å²) in [5.74, 6) is 0.129. The summed E-state index contributed by atoms with van der Waals surface area (Å²) in [7, 11) is 0. The number of nitrogens with zero attached hydrogens (tertiary/aromatic N) is 1. The molecule has 5 nitrogen and oxygen atoms in total. The minimum absolute atomic E-state index is 0.0305. The summed E-state index contributed by atoms with van der Waals surface area (Å²) < 4.78 is 0. The Kier molecular flexibility index (Phi) is 5.67. The lowest BCUT2D eigenvalue weighted by molar-refractivity contribution is 0.231. The monoisotopic (exact) mass is 347 g/mol. The van der Waals surface area contributed by atoms with Crippen molar-refractivity contribution in [3.8, 4) is 17.2 Å². The van der Waals surface area contributed by atoms with Gasteiger partial charge in [0.15, 0.2) is 0 Å². The van der Waals surface area contributed by atoms with Gasteiger partial charge in [0, 0.05) is 25.1 Å². The highest BCUT2D eigenvalue weighted by molar-refractivity contribution is 5.74. The number of urea groups is 1. The number of aliphatic hydroxyl groups excluding tert-OH is 1. The molecule has 0 unspecified atom stereocenters. The number of hydrogen-bond donors (Lipinski definition) is 3. The minimum atomic E-state index is -0.225. The molecule has 3 rings (SSSR count). The van der Waals surface area contributed by atoms with Crippen LogP contribution in [0.1, 0.15) is 17.5 Å². The van der Waals surface area contributed by atoms with E-state index in [-0.39, 0.29) is 24.6 Å². The Bertz CT molecular complexity index is 837. The summed E-state index contributed by atoms with van der Waals surface area (Å²) in [5.41, 5.74) is 3.50. The third kappa shape index (κ3) is 4.29. The lowest BCUT2D eigenvalue weighted by Crippen LogP contribution is -2.40. The molecule has 1 aliphatic rings. The van der Waals surface area contributed by atoms with Crippen LogP contribution in [0.4, 0.5) is 4.79 Å². The Hall–Kier alpha value is -3.10. The summed E-state index contributed by atoms with van der Waals surface area (Å²) in [5, 5.41) is 24.0. The van der Waals surface area contributed by atoms with Gasteiger partial charge < -0.3 is 15.7 Å². The Balaban J connectivity index is 1.54. The van der Waals surface area contributed by atoms with Crippen LogP contribution in [0.3, 0.4) is 0 Å². The van der Waals surface area contributed by atoms with Crippen LogP contribution in [0.2, 0.25) is 0 Å². The third-order valence-electron chi connectivity index (χ3n) is 4.49. The van der Waals surface area contributed by atoms with Crippen molar-refractivity contribution in [2.24, 2.45) is 5.92 Å². The SMILES string of the molecule is N#Cc1ccccc1-c1ccc(CNC(=O)N[C@@H]2C=C[C@H](CO)C2)cc1. The van der Waals surface area contributed by atoms with Crippen LogP contribution >= 0.6 is 0 Å². The molecule has 3 N–H and O–H groups in total. The molecular weight excluding hydrogens is 326 g/mol. The molecule has 0 bridgehead atoms. The number of rotatable bonds is 5. The first-order valence-electron chi connectivity index (χ1n) is 8.61. The van der Waals surface area contributed by atoms with Crippen LogP contribution in [0.25, 0.3) is 11.1 Å². The number of amides is 2. The number of nitrogens with one attached hydrogen (secondary N) is 2. The van der Waals surface area contributed by atoms with Gasteiger partial charge in [0.25, 0.3) is 0 Å². The predicted octanol–water partition coefficient (Wildman–Crippen LogP) is 2.96. The van der Waals surface area contributed by atoms with Gasteiger partial charge in [0.2, 0.25) is 0 Å². The normalized spacial score (nSPS) is 18.3. The second-order valence-electron chi connectivity index (χ2n) is 6.35. The zero-order valence-electron chi connectivity index (χ0n) is 14.4. The van der Waals surface area contributed by atoms with Crippen molar-refractivity contribution >= 4 is 6.03 Å². The molecule has 2 aromatic carbocycles. The standard InChI is InChI=1S/C21H21N3O2/c22-12-18-3-1-2-4-20(18)17-8-5-15(6-9-17)13-23-21(26)24-19-10-7-16(11-19)14-25/h1-10,16,19,25H,11,13-14H2,(H2,23,24,26)/t16-,19+/m0/s1. The van der Waals surface area contributed by atoms with Gasteiger partial charge in [0.1, 0.15) is 0 Å². The van der Waals surface area contributed by atoms with Gasteiger partial charge in [0.05, 0.1) is 11.6 Å². The summed E-state index contributed by atoms with van der Waals surface area (Å²) >= 11 is 0. The second-order valence-corrected chi connectivity index (χ2v) is 6.35. The van der Waals surface area contributed by atoms with Crippen LogP contribution in [0, 0.1) is 17.2 Å². The number of hydrogen-bond acceptors (Lipinski definition) is 3. The lowest BCUT2D eigenvalue weighted by atomic mass is 9.99. The predicted molar refractivity (Wildman–Crippen MR) is 100 cm³/mol. The maximum absolute atomic E-state index is 12.0. The second kappa shape index (κ2) is 8.32. The van der Waals surface area contributed by atoms with E-state index in [0.717, 1.165) is 23.1 Å². The molecule has 1 aliphatic carbocycles. The highest BCUT2D eigenvalue weighted by Crippen LogP contribution is 2.23. The molecule has 0 saturated carbocycles. The van der Waals surface area contributed by atoms with E-state index >= 15 is 0 Å². The van der Waals surface area contributed by atoms with Crippen molar-refractivity contribution in [1.29, 1.82) is 5.26 Å². The van der Waals surface area contributed by atoms with Crippen LogP contribution < -0.4 is 10.6 Å².